The third-order valence-electron chi connectivity index (χ3n) is 6.93. The lowest BCUT2D eigenvalue weighted by atomic mass is 9.85. The molecular weight excluding hydrogens is 418 g/mol. The molecule has 1 fully saturated rings. The smallest absolute Gasteiger partial charge is 0.318 e. The highest BCUT2D eigenvalue weighted by atomic mass is 16.6. The summed E-state index contributed by atoms with van der Waals surface area (Å²) in [6.07, 6.45) is 3.82. The van der Waals surface area contributed by atoms with Crippen LogP contribution in [0.4, 0.5) is 0 Å². The molecule has 1 saturated heterocycles. The number of hydroxylamine groups is 3. The van der Waals surface area contributed by atoms with Gasteiger partial charge in [-0.2, -0.15) is 0 Å². The summed E-state index contributed by atoms with van der Waals surface area (Å²) in [6, 6.07) is 12.5. The number of fused-ring (bicyclic) bond motifs is 1. The number of quaternary nitrogens is 1. The predicted molar refractivity (Wildman–Crippen MR) is 128 cm³/mol. The number of hydrogen-bond donors (Lipinski definition) is 1. The van der Waals surface area contributed by atoms with Crippen LogP contribution >= 0.6 is 0 Å². The number of nitrogens with zero attached hydrogens (tertiary/aromatic N) is 1. The zero-order chi connectivity index (χ0) is 23.6. The Morgan fingerprint density at radius 3 is 2.67 bits per heavy atom. The molecule has 4 rings (SSSR count). The van der Waals surface area contributed by atoms with Crippen LogP contribution in [-0.4, -0.2) is 42.5 Å². The van der Waals surface area contributed by atoms with Gasteiger partial charge in [0.05, 0.1) is 20.2 Å². The van der Waals surface area contributed by atoms with E-state index in [1.165, 1.54) is 11.1 Å². The molecule has 0 spiro atoms. The molecule has 0 aromatic heterocycles. The van der Waals surface area contributed by atoms with Crippen molar-refractivity contribution in [3.8, 4) is 11.5 Å². The van der Waals surface area contributed by atoms with E-state index in [1.54, 1.807) is 7.11 Å². The molecule has 1 heterocycles. The van der Waals surface area contributed by atoms with E-state index in [1.807, 2.05) is 6.07 Å². The van der Waals surface area contributed by atoms with E-state index in [2.05, 4.69) is 44.2 Å². The van der Waals surface area contributed by atoms with Crippen LogP contribution in [0.2, 0.25) is 0 Å². The van der Waals surface area contributed by atoms with Crippen molar-refractivity contribution < 1.29 is 24.0 Å². The van der Waals surface area contributed by atoms with Crippen molar-refractivity contribution >= 4 is 11.5 Å². The normalized spacial score (nSPS) is 21.9. The van der Waals surface area contributed by atoms with Crippen LogP contribution in [0.5, 0.6) is 11.5 Å². The molecule has 0 bridgehead atoms. The molecule has 2 aromatic carbocycles. The van der Waals surface area contributed by atoms with E-state index in [-0.39, 0.29) is 13.1 Å². The molecule has 1 aliphatic heterocycles. The van der Waals surface area contributed by atoms with Crippen molar-refractivity contribution in [2.45, 2.75) is 46.1 Å². The number of carbonyl (C=O) groups is 1. The Balaban J connectivity index is 1.43. The lowest BCUT2D eigenvalue weighted by molar-refractivity contribution is -0.922. The third kappa shape index (κ3) is 5.07. The Hall–Kier alpha value is -2.83. The summed E-state index contributed by atoms with van der Waals surface area (Å²) in [6.45, 7) is 5.41. The number of likely N-dealkylation sites (tertiary alicyclic amines) is 1. The van der Waals surface area contributed by atoms with Gasteiger partial charge in [-0.15, -0.1) is 0 Å². The number of carboxylic acids is 1. The third-order valence-corrected chi connectivity index (χ3v) is 6.93. The van der Waals surface area contributed by atoms with Gasteiger partial charge < -0.3 is 24.4 Å². The van der Waals surface area contributed by atoms with Crippen LogP contribution in [0.15, 0.2) is 42.0 Å². The molecule has 2 aliphatic rings. The van der Waals surface area contributed by atoms with Crippen LogP contribution in [0.1, 0.15) is 48.9 Å². The Bertz CT molecular complexity index is 1070. The van der Waals surface area contributed by atoms with Gasteiger partial charge in [0.15, 0.2) is 5.92 Å². The summed E-state index contributed by atoms with van der Waals surface area (Å²) in [4.78, 5) is 11.1. The molecule has 0 saturated carbocycles. The molecular formula is C27H33NO5. The monoisotopic (exact) mass is 451 g/mol. The number of methoxy groups -OCH3 is 1. The van der Waals surface area contributed by atoms with Crippen LogP contribution in [0, 0.1) is 11.1 Å². The number of ether oxygens (including phenoxy) is 2. The average molecular weight is 452 g/mol. The first kappa shape index (κ1) is 23.3. The number of aryl methyl sites for hydroxylation is 2. The maximum atomic E-state index is 12.8. The highest BCUT2D eigenvalue weighted by Crippen LogP contribution is 2.37. The summed E-state index contributed by atoms with van der Waals surface area (Å²) >= 11 is 0. The molecule has 1 N–H and O–H groups in total. The summed E-state index contributed by atoms with van der Waals surface area (Å²) in [5, 5.41) is 21.9. The number of aliphatic carboxylic acids is 1. The Labute approximate surface area is 195 Å². The van der Waals surface area contributed by atoms with E-state index in [4.69, 9.17) is 14.6 Å². The van der Waals surface area contributed by atoms with Crippen molar-refractivity contribution in [2.75, 3.05) is 26.7 Å². The molecule has 6 nitrogen and oxygen atoms in total. The van der Waals surface area contributed by atoms with Gasteiger partial charge in [-0.05, 0) is 72.2 Å². The van der Waals surface area contributed by atoms with Crippen LogP contribution < -0.4 is 9.47 Å². The number of allylic oxidation sites excluding steroid dienone is 1. The van der Waals surface area contributed by atoms with E-state index in [0.29, 0.717) is 13.2 Å². The maximum Gasteiger partial charge on any atom is 0.318 e. The minimum atomic E-state index is -0.860. The van der Waals surface area contributed by atoms with Gasteiger partial charge in [-0.1, -0.05) is 31.5 Å². The molecule has 33 heavy (non-hydrogen) atoms. The van der Waals surface area contributed by atoms with E-state index in [0.717, 1.165) is 59.5 Å². The number of rotatable bonds is 9. The second kappa shape index (κ2) is 9.57. The summed E-state index contributed by atoms with van der Waals surface area (Å²) in [5.74, 6) is 0.319. The molecule has 176 valence electrons. The van der Waals surface area contributed by atoms with Gasteiger partial charge in [0.2, 0.25) is 0 Å². The van der Waals surface area contributed by atoms with Crippen molar-refractivity contribution in [3.63, 3.8) is 0 Å². The van der Waals surface area contributed by atoms with Gasteiger partial charge in [0.1, 0.15) is 24.7 Å². The van der Waals surface area contributed by atoms with Crippen LogP contribution in [-0.2, 0) is 24.2 Å². The molecule has 1 aliphatic carbocycles. The Morgan fingerprint density at radius 1 is 1.18 bits per heavy atom. The van der Waals surface area contributed by atoms with Gasteiger partial charge in [-0.3, -0.25) is 4.79 Å². The largest absolute Gasteiger partial charge is 0.633 e. The summed E-state index contributed by atoms with van der Waals surface area (Å²) in [7, 11) is 1.69. The predicted octanol–water partition coefficient (Wildman–Crippen LogP) is 4.98. The van der Waals surface area contributed by atoms with Crippen molar-refractivity contribution in [3.05, 3.63) is 69.4 Å². The van der Waals surface area contributed by atoms with E-state index < -0.39 is 16.5 Å². The molecule has 0 amide bonds. The number of carboxylic acid groups (broad SMARTS) is 1. The number of hydrogen-bond acceptors (Lipinski definition) is 4. The van der Waals surface area contributed by atoms with E-state index >= 15 is 0 Å². The van der Waals surface area contributed by atoms with Gasteiger partial charge in [0.25, 0.3) is 0 Å². The standard InChI is InChI=1S/C27H33NO5/c1-4-5-19-6-7-22(26(12-19)32-3)17-33-24-10-11-25-18(2)21(9-8-20(25)13-24)14-28(31)15-23(16-28)27(29)30/h6-7,10-13,23H,4-5,8-9,14-17H2,1-3H3,(H,29,30). The van der Waals surface area contributed by atoms with Crippen molar-refractivity contribution in [1.29, 1.82) is 0 Å². The van der Waals surface area contributed by atoms with Crippen molar-refractivity contribution in [2.24, 2.45) is 5.92 Å². The van der Waals surface area contributed by atoms with Crippen LogP contribution in [0.25, 0.3) is 5.57 Å². The maximum absolute atomic E-state index is 12.8. The Morgan fingerprint density at radius 2 is 1.97 bits per heavy atom. The molecule has 0 atom stereocenters. The zero-order valence-electron chi connectivity index (χ0n) is 19.7. The second-order valence-corrected chi connectivity index (χ2v) is 9.35. The summed E-state index contributed by atoms with van der Waals surface area (Å²) in [5.41, 5.74) is 6.96. The fraction of sp³-hybridized carbons (Fsp3) is 0.444. The molecule has 0 radical (unpaired) electrons. The highest BCUT2D eigenvalue weighted by molar-refractivity contribution is 5.73. The van der Waals surface area contributed by atoms with Crippen molar-refractivity contribution in [1.82, 2.24) is 0 Å². The molecule has 6 heteroatoms. The lowest BCUT2D eigenvalue weighted by Gasteiger charge is -2.53. The lowest BCUT2D eigenvalue weighted by Crippen LogP contribution is -2.62. The average Bonchev–Trinajstić information content (AvgIpc) is 2.78. The van der Waals surface area contributed by atoms with Gasteiger partial charge in [-0.25, -0.2) is 0 Å². The van der Waals surface area contributed by atoms with Crippen LogP contribution in [0.3, 0.4) is 0 Å². The quantitative estimate of drug-likeness (QED) is 0.430. The number of benzene rings is 2. The second-order valence-electron chi connectivity index (χ2n) is 9.35. The first-order chi connectivity index (χ1) is 15.8. The fourth-order valence-corrected chi connectivity index (χ4v) is 4.99. The summed E-state index contributed by atoms with van der Waals surface area (Å²) < 4.78 is 11.2. The topological polar surface area (TPSA) is 78.8 Å². The minimum Gasteiger partial charge on any atom is -0.633 e. The fourth-order valence-electron chi connectivity index (χ4n) is 4.99. The van der Waals surface area contributed by atoms with Gasteiger partial charge in [0, 0.05) is 5.56 Å². The molecule has 0 unspecified atom stereocenters. The molecule has 2 aromatic rings. The van der Waals surface area contributed by atoms with E-state index in [9.17, 15) is 10.0 Å². The minimum absolute atomic E-state index is 0.175. The Kier molecular flexibility index (Phi) is 6.77. The zero-order valence-corrected chi connectivity index (χ0v) is 19.7. The first-order valence-electron chi connectivity index (χ1n) is 11.7. The highest BCUT2D eigenvalue weighted by Gasteiger charge is 2.42. The SMILES string of the molecule is CCCc1ccc(COc2ccc3c(c2)CCC(C[N+]2([O-])CC(C(=O)O)C2)=C3C)c(OC)c1. The first-order valence-corrected chi connectivity index (χ1v) is 11.7. The van der Waals surface area contributed by atoms with Gasteiger partial charge >= 0.3 is 5.97 Å².